The molecule has 0 saturated carbocycles. The highest BCUT2D eigenvalue weighted by atomic mass is 32.1. The number of allylic oxidation sites excluding steroid dienone is 2. The molecule has 0 fully saturated rings. The van der Waals surface area contributed by atoms with Crippen LogP contribution in [0.25, 0.3) is 0 Å². The van der Waals surface area contributed by atoms with Crippen LogP contribution in [0.4, 0.5) is 5.00 Å². The van der Waals surface area contributed by atoms with Crippen LogP contribution in [-0.2, 0) is 9.47 Å². The molecule has 166 valence electrons. The van der Waals surface area contributed by atoms with Crippen LogP contribution in [0.1, 0.15) is 82.4 Å². The van der Waals surface area contributed by atoms with Gasteiger partial charge in [-0.05, 0) is 69.9 Å². The molecule has 0 aliphatic carbocycles. The molecule has 0 aliphatic rings. The summed E-state index contributed by atoms with van der Waals surface area (Å²) in [5.74, 6) is -1.06. The summed E-state index contributed by atoms with van der Waals surface area (Å²) in [4.78, 5) is 37.8. The van der Waals surface area contributed by atoms with E-state index in [1.807, 2.05) is 6.07 Å². The quantitative estimate of drug-likeness (QED) is 0.390. The molecular formula is C24H29NO5S. The number of carbonyl (C=O) groups is 3. The Kier molecular flexibility index (Phi) is 9.00. The van der Waals surface area contributed by atoms with Crippen molar-refractivity contribution in [2.45, 2.75) is 46.5 Å². The van der Waals surface area contributed by atoms with Gasteiger partial charge in [0.25, 0.3) is 5.91 Å². The summed E-state index contributed by atoms with van der Waals surface area (Å²) in [6.07, 6.45) is 4.08. The number of nitrogens with one attached hydrogen (secondary N) is 1. The van der Waals surface area contributed by atoms with Crippen LogP contribution >= 0.6 is 11.3 Å². The topological polar surface area (TPSA) is 81.7 Å². The highest BCUT2D eigenvalue weighted by Gasteiger charge is 2.22. The van der Waals surface area contributed by atoms with Crippen LogP contribution in [0.15, 0.2) is 42.0 Å². The van der Waals surface area contributed by atoms with E-state index in [0.717, 1.165) is 17.7 Å². The zero-order valence-corrected chi connectivity index (χ0v) is 19.4. The van der Waals surface area contributed by atoms with Crippen molar-refractivity contribution in [3.63, 3.8) is 0 Å². The van der Waals surface area contributed by atoms with Crippen molar-refractivity contribution >= 4 is 34.2 Å². The molecule has 1 aromatic carbocycles. The van der Waals surface area contributed by atoms with Crippen LogP contribution in [0.5, 0.6) is 0 Å². The molecule has 0 aliphatic heterocycles. The molecule has 1 aromatic heterocycles. The van der Waals surface area contributed by atoms with Crippen LogP contribution in [0, 0.1) is 0 Å². The SMILES string of the molecule is CCOC(=O)c1cc([C@@H](C)CCC=C(C)C)sc1NC(=O)c1ccc(C(=O)OC)cc1. The van der Waals surface area contributed by atoms with E-state index < -0.39 is 11.9 Å². The highest BCUT2D eigenvalue weighted by molar-refractivity contribution is 7.16. The molecule has 1 heterocycles. The third kappa shape index (κ3) is 6.79. The average molecular weight is 444 g/mol. The van der Waals surface area contributed by atoms with Crippen molar-refractivity contribution in [3.8, 4) is 0 Å². The molecule has 0 unspecified atom stereocenters. The fourth-order valence-corrected chi connectivity index (χ4v) is 4.05. The van der Waals surface area contributed by atoms with E-state index in [-0.39, 0.29) is 18.4 Å². The molecule has 6 nitrogen and oxygen atoms in total. The largest absolute Gasteiger partial charge is 0.465 e. The normalized spacial score (nSPS) is 11.4. The highest BCUT2D eigenvalue weighted by Crippen LogP contribution is 2.36. The molecule has 1 atom stereocenters. The third-order valence-corrected chi connectivity index (χ3v) is 5.96. The first-order valence-corrected chi connectivity index (χ1v) is 11.0. The molecule has 0 saturated heterocycles. The number of rotatable bonds is 9. The first kappa shape index (κ1) is 24.3. The maximum atomic E-state index is 12.7. The van der Waals surface area contributed by atoms with Crippen molar-refractivity contribution in [3.05, 3.63) is 63.5 Å². The van der Waals surface area contributed by atoms with Gasteiger partial charge in [0, 0.05) is 10.4 Å². The second kappa shape index (κ2) is 11.5. The van der Waals surface area contributed by atoms with Gasteiger partial charge in [-0.1, -0.05) is 18.6 Å². The Morgan fingerprint density at radius 2 is 1.74 bits per heavy atom. The molecule has 2 aromatic rings. The van der Waals surface area contributed by atoms with Gasteiger partial charge in [0.2, 0.25) is 0 Å². The minimum absolute atomic E-state index is 0.235. The summed E-state index contributed by atoms with van der Waals surface area (Å²) < 4.78 is 9.84. The summed E-state index contributed by atoms with van der Waals surface area (Å²) in [6.45, 7) is 8.24. The maximum absolute atomic E-state index is 12.7. The molecule has 2 rings (SSSR count). The first-order valence-electron chi connectivity index (χ1n) is 10.2. The second-order valence-corrected chi connectivity index (χ2v) is 8.48. The summed E-state index contributed by atoms with van der Waals surface area (Å²) in [5, 5.41) is 3.29. The molecule has 1 amide bonds. The zero-order chi connectivity index (χ0) is 23.0. The van der Waals surface area contributed by atoms with Crippen molar-refractivity contribution in [2.75, 3.05) is 19.0 Å². The Morgan fingerprint density at radius 1 is 1.10 bits per heavy atom. The molecule has 0 bridgehead atoms. The van der Waals surface area contributed by atoms with E-state index in [9.17, 15) is 14.4 Å². The number of hydrogen-bond acceptors (Lipinski definition) is 6. The number of thiophene rings is 1. The summed E-state index contributed by atoms with van der Waals surface area (Å²) in [6, 6.07) is 7.95. The molecule has 1 N–H and O–H groups in total. The van der Waals surface area contributed by atoms with Crippen LogP contribution < -0.4 is 5.32 Å². The predicted molar refractivity (Wildman–Crippen MR) is 123 cm³/mol. The Morgan fingerprint density at radius 3 is 2.32 bits per heavy atom. The number of esters is 2. The molecule has 7 heteroatoms. The summed E-state index contributed by atoms with van der Waals surface area (Å²) in [5.41, 5.74) is 2.36. The van der Waals surface area contributed by atoms with Crippen LogP contribution in [0.2, 0.25) is 0 Å². The lowest BCUT2D eigenvalue weighted by atomic mass is 10.0. The van der Waals surface area contributed by atoms with Gasteiger partial charge in [0.05, 0.1) is 24.8 Å². The Labute approximate surface area is 187 Å². The van der Waals surface area contributed by atoms with Gasteiger partial charge in [-0.25, -0.2) is 9.59 Å². The standard InChI is InChI=1S/C24H29NO5S/c1-6-30-24(28)19-14-20(16(4)9-7-8-15(2)3)31-22(19)25-21(26)17-10-12-18(13-11-17)23(27)29-5/h8,10-14,16H,6-7,9H2,1-5H3,(H,25,26)/t16-/m0/s1. The second-order valence-electron chi connectivity index (χ2n) is 7.39. The minimum atomic E-state index is -0.471. The molecule has 31 heavy (non-hydrogen) atoms. The number of hydrogen-bond donors (Lipinski definition) is 1. The Bertz CT molecular complexity index is 955. The Hall–Kier alpha value is -2.93. The number of methoxy groups -OCH3 is 1. The lowest BCUT2D eigenvalue weighted by Crippen LogP contribution is -2.14. The number of anilines is 1. The molecular weight excluding hydrogens is 414 g/mol. The van der Waals surface area contributed by atoms with Gasteiger partial charge in [0.15, 0.2) is 0 Å². The van der Waals surface area contributed by atoms with E-state index in [2.05, 4.69) is 36.9 Å². The summed E-state index contributed by atoms with van der Waals surface area (Å²) in [7, 11) is 1.30. The van der Waals surface area contributed by atoms with Gasteiger partial charge in [-0.2, -0.15) is 0 Å². The third-order valence-electron chi connectivity index (χ3n) is 4.68. The fourth-order valence-electron chi connectivity index (χ4n) is 2.92. The number of amides is 1. The van der Waals surface area contributed by atoms with Crippen molar-refractivity contribution < 1.29 is 23.9 Å². The van der Waals surface area contributed by atoms with Crippen molar-refractivity contribution in [1.29, 1.82) is 0 Å². The van der Waals surface area contributed by atoms with E-state index in [4.69, 9.17) is 4.74 Å². The Balaban J connectivity index is 2.23. The smallest absolute Gasteiger partial charge is 0.341 e. The number of carbonyl (C=O) groups excluding carboxylic acids is 3. The van der Waals surface area contributed by atoms with E-state index >= 15 is 0 Å². The molecule has 0 spiro atoms. The number of benzene rings is 1. The maximum Gasteiger partial charge on any atom is 0.341 e. The van der Waals surface area contributed by atoms with Gasteiger partial charge < -0.3 is 14.8 Å². The van der Waals surface area contributed by atoms with Crippen molar-refractivity contribution in [1.82, 2.24) is 0 Å². The van der Waals surface area contributed by atoms with Gasteiger partial charge in [-0.15, -0.1) is 11.3 Å². The fraction of sp³-hybridized carbons (Fsp3) is 0.375. The zero-order valence-electron chi connectivity index (χ0n) is 18.6. The van der Waals surface area contributed by atoms with E-state index in [1.165, 1.54) is 36.2 Å². The lowest BCUT2D eigenvalue weighted by Gasteiger charge is -2.07. The van der Waals surface area contributed by atoms with Gasteiger partial charge in [-0.3, -0.25) is 4.79 Å². The predicted octanol–water partition coefficient (Wildman–Crippen LogP) is 5.81. The van der Waals surface area contributed by atoms with E-state index in [0.29, 0.717) is 21.7 Å². The minimum Gasteiger partial charge on any atom is -0.465 e. The summed E-state index contributed by atoms with van der Waals surface area (Å²) >= 11 is 1.39. The first-order chi connectivity index (χ1) is 14.8. The number of ether oxygens (including phenoxy) is 2. The lowest BCUT2D eigenvalue weighted by molar-refractivity contribution is 0.0527. The van der Waals surface area contributed by atoms with E-state index in [1.54, 1.807) is 19.1 Å². The van der Waals surface area contributed by atoms with Crippen LogP contribution in [-0.4, -0.2) is 31.6 Å². The van der Waals surface area contributed by atoms with Gasteiger partial charge in [0.1, 0.15) is 5.00 Å². The average Bonchev–Trinajstić information content (AvgIpc) is 3.17. The van der Waals surface area contributed by atoms with Crippen molar-refractivity contribution in [2.24, 2.45) is 0 Å². The monoisotopic (exact) mass is 443 g/mol. The molecule has 0 radical (unpaired) electrons. The van der Waals surface area contributed by atoms with Gasteiger partial charge >= 0.3 is 11.9 Å². The van der Waals surface area contributed by atoms with Crippen LogP contribution in [0.3, 0.4) is 0 Å².